The summed E-state index contributed by atoms with van der Waals surface area (Å²) in [6, 6.07) is 3.64. The molecule has 14 heavy (non-hydrogen) atoms. The lowest BCUT2D eigenvalue weighted by Gasteiger charge is -2.06. The fourth-order valence-corrected chi connectivity index (χ4v) is 0.867. The second-order valence-corrected chi connectivity index (χ2v) is 2.53. The van der Waals surface area contributed by atoms with E-state index >= 15 is 0 Å². The first-order valence-corrected chi connectivity index (χ1v) is 4.37. The van der Waals surface area contributed by atoms with Crippen molar-refractivity contribution in [1.29, 1.82) is 0 Å². The standard InChI is InChI=1S/C9H13N3O2/c1-2-14-9(13)7-11-12-8-4-3-5-10-6-8/h3-6,11-12H,2,7H2,1H3. The van der Waals surface area contributed by atoms with E-state index in [-0.39, 0.29) is 12.5 Å². The molecule has 0 radical (unpaired) electrons. The molecule has 1 heterocycles. The number of hydrazine groups is 1. The maximum absolute atomic E-state index is 10.9. The highest BCUT2D eigenvalue weighted by Crippen LogP contribution is 1.99. The van der Waals surface area contributed by atoms with E-state index in [0.29, 0.717) is 6.61 Å². The molecular formula is C9H13N3O2. The van der Waals surface area contributed by atoms with Crippen LogP contribution in [0.3, 0.4) is 0 Å². The van der Waals surface area contributed by atoms with Crippen molar-refractivity contribution in [2.75, 3.05) is 18.6 Å². The van der Waals surface area contributed by atoms with Crippen molar-refractivity contribution in [2.24, 2.45) is 0 Å². The van der Waals surface area contributed by atoms with Gasteiger partial charge in [-0.05, 0) is 19.1 Å². The minimum atomic E-state index is -0.288. The first-order chi connectivity index (χ1) is 6.83. The molecule has 0 bridgehead atoms. The molecule has 1 rings (SSSR count). The molecule has 2 N–H and O–H groups in total. The summed E-state index contributed by atoms with van der Waals surface area (Å²) in [5, 5.41) is 0. The van der Waals surface area contributed by atoms with Crippen LogP contribution in [0.4, 0.5) is 5.69 Å². The van der Waals surface area contributed by atoms with Crippen molar-refractivity contribution in [3.63, 3.8) is 0 Å². The predicted octanol–water partition coefficient (Wildman–Crippen LogP) is 0.561. The quantitative estimate of drug-likeness (QED) is 0.531. The van der Waals surface area contributed by atoms with E-state index in [1.807, 2.05) is 6.07 Å². The summed E-state index contributed by atoms with van der Waals surface area (Å²) in [6.45, 7) is 2.29. The number of aromatic nitrogens is 1. The molecule has 1 aromatic heterocycles. The van der Waals surface area contributed by atoms with Gasteiger partial charge in [-0.25, -0.2) is 5.43 Å². The van der Waals surface area contributed by atoms with Crippen LogP contribution in [0.25, 0.3) is 0 Å². The molecule has 0 aromatic carbocycles. The van der Waals surface area contributed by atoms with Gasteiger partial charge in [0.15, 0.2) is 0 Å². The monoisotopic (exact) mass is 195 g/mol. The van der Waals surface area contributed by atoms with Crippen LogP contribution in [0.1, 0.15) is 6.92 Å². The van der Waals surface area contributed by atoms with Gasteiger partial charge in [0, 0.05) is 6.20 Å². The first-order valence-electron chi connectivity index (χ1n) is 4.37. The molecule has 1 aromatic rings. The Kier molecular flexibility index (Phi) is 4.43. The van der Waals surface area contributed by atoms with E-state index < -0.39 is 0 Å². The van der Waals surface area contributed by atoms with E-state index in [4.69, 9.17) is 4.74 Å². The number of hydrogen-bond donors (Lipinski definition) is 2. The number of hydrogen-bond acceptors (Lipinski definition) is 5. The van der Waals surface area contributed by atoms with Gasteiger partial charge in [0.25, 0.3) is 0 Å². The van der Waals surface area contributed by atoms with Crippen LogP contribution < -0.4 is 10.9 Å². The zero-order chi connectivity index (χ0) is 10.2. The topological polar surface area (TPSA) is 63.2 Å². The average molecular weight is 195 g/mol. The lowest BCUT2D eigenvalue weighted by molar-refractivity contribution is -0.141. The zero-order valence-corrected chi connectivity index (χ0v) is 7.99. The molecule has 0 saturated carbocycles. The predicted molar refractivity (Wildman–Crippen MR) is 52.5 cm³/mol. The van der Waals surface area contributed by atoms with Gasteiger partial charge in [-0.3, -0.25) is 9.78 Å². The molecule has 0 aliphatic heterocycles. The van der Waals surface area contributed by atoms with Crippen LogP contribution in [0, 0.1) is 0 Å². The number of anilines is 1. The van der Waals surface area contributed by atoms with E-state index in [1.54, 1.807) is 25.4 Å². The van der Waals surface area contributed by atoms with Crippen LogP contribution in [0.5, 0.6) is 0 Å². The van der Waals surface area contributed by atoms with Crippen LogP contribution >= 0.6 is 0 Å². The SMILES string of the molecule is CCOC(=O)CNNc1cccnc1. The van der Waals surface area contributed by atoms with E-state index in [9.17, 15) is 4.79 Å². The third-order valence-corrected chi connectivity index (χ3v) is 1.43. The van der Waals surface area contributed by atoms with Crippen molar-refractivity contribution in [1.82, 2.24) is 10.4 Å². The number of nitrogens with zero attached hydrogens (tertiary/aromatic N) is 1. The average Bonchev–Trinajstić information content (AvgIpc) is 2.20. The van der Waals surface area contributed by atoms with Gasteiger partial charge >= 0.3 is 5.97 Å². The Hall–Kier alpha value is -1.62. The third kappa shape index (κ3) is 3.86. The fourth-order valence-electron chi connectivity index (χ4n) is 0.867. The highest BCUT2D eigenvalue weighted by Gasteiger charge is 1.98. The number of carbonyl (C=O) groups is 1. The molecule has 0 amide bonds. The summed E-state index contributed by atoms with van der Waals surface area (Å²) in [5.74, 6) is -0.288. The van der Waals surface area contributed by atoms with E-state index in [1.165, 1.54) is 0 Å². The minimum Gasteiger partial charge on any atom is -0.465 e. The van der Waals surface area contributed by atoms with Gasteiger partial charge in [0.05, 0.1) is 18.5 Å². The smallest absolute Gasteiger partial charge is 0.321 e. The summed E-state index contributed by atoms with van der Waals surface area (Å²) >= 11 is 0. The van der Waals surface area contributed by atoms with Gasteiger partial charge in [0.2, 0.25) is 0 Å². The summed E-state index contributed by atoms with van der Waals surface area (Å²) in [4.78, 5) is 14.8. The lowest BCUT2D eigenvalue weighted by atomic mass is 10.4. The summed E-state index contributed by atoms with van der Waals surface area (Å²) in [5.41, 5.74) is 6.34. The molecule has 0 fully saturated rings. The van der Waals surface area contributed by atoms with Crippen molar-refractivity contribution in [2.45, 2.75) is 6.92 Å². The highest BCUT2D eigenvalue weighted by atomic mass is 16.5. The summed E-state index contributed by atoms with van der Waals surface area (Å²) in [7, 11) is 0. The highest BCUT2D eigenvalue weighted by molar-refractivity contribution is 5.71. The number of carbonyl (C=O) groups excluding carboxylic acids is 1. The molecule has 0 aliphatic carbocycles. The number of pyridine rings is 1. The lowest BCUT2D eigenvalue weighted by Crippen LogP contribution is -2.29. The Morgan fingerprint density at radius 3 is 3.14 bits per heavy atom. The van der Waals surface area contributed by atoms with Crippen molar-refractivity contribution >= 4 is 11.7 Å². The number of rotatable bonds is 5. The second-order valence-electron chi connectivity index (χ2n) is 2.53. The van der Waals surface area contributed by atoms with Gasteiger partial charge in [0.1, 0.15) is 6.54 Å². The zero-order valence-electron chi connectivity index (χ0n) is 7.99. The van der Waals surface area contributed by atoms with Gasteiger partial charge < -0.3 is 10.2 Å². The summed E-state index contributed by atoms with van der Waals surface area (Å²) in [6.07, 6.45) is 3.33. The maximum Gasteiger partial charge on any atom is 0.321 e. The third-order valence-electron chi connectivity index (χ3n) is 1.43. The van der Waals surface area contributed by atoms with E-state index in [2.05, 4.69) is 15.8 Å². The molecular weight excluding hydrogens is 182 g/mol. The Morgan fingerprint density at radius 1 is 1.64 bits per heavy atom. The minimum absolute atomic E-state index is 0.128. The van der Waals surface area contributed by atoms with Gasteiger partial charge in [-0.15, -0.1) is 0 Å². The van der Waals surface area contributed by atoms with Gasteiger partial charge in [-0.1, -0.05) is 0 Å². The molecule has 0 saturated heterocycles. The Bertz CT molecular complexity index is 277. The number of nitrogens with one attached hydrogen (secondary N) is 2. The number of esters is 1. The van der Waals surface area contributed by atoms with Crippen molar-refractivity contribution < 1.29 is 9.53 Å². The molecule has 0 unspecified atom stereocenters. The van der Waals surface area contributed by atoms with Crippen LogP contribution in [0.15, 0.2) is 24.5 Å². The normalized spacial score (nSPS) is 9.50. The number of ether oxygens (including phenoxy) is 1. The molecule has 0 spiro atoms. The summed E-state index contributed by atoms with van der Waals surface area (Å²) < 4.78 is 4.72. The van der Waals surface area contributed by atoms with Gasteiger partial charge in [-0.2, -0.15) is 0 Å². The van der Waals surface area contributed by atoms with Crippen molar-refractivity contribution in [3.8, 4) is 0 Å². The largest absolute Gasteiger partial charge is 0.465 e. The van der Waals surface area contributed by atoms with Crippen LogP contribution in [-0.2, 0) is 9.53 Å². The maximum atomic E-state index is 10.9. The Labute approximate surface area is 82.5 Å². The molecule has 5 nitrogen and oxygen atoms in total. The Balaban J connectivity index is 2.19. The fraction of sp³-hybridized carbons (Fsp3) is 0.333. The van der Waals surface area contributed by atoms with Crippen molar-refractivity contribution in [3.05, 3.63) is 24.5 Å². The Morgan fingerprint density at radius 2 is 2.50 bits per heavy atom. The molecule has 5 heteroatoms. The molecule has 0 atom stereocenters. The van der Waals surface area contributed by atoms with E-state index in [0.717, 1.165) is 5.69 Å². The van der Waals surface area contributed by atoms with Crippen LogP contribution in [-0.4, -0.2) is 24.1 Å². The second kappa shape index (κ2) is 5.93. The molecule has 76 valence electrons. The molecule has 0 aliphatic rings. The first kappa shape index (κ1) is 10.5. The van der Waals surface area contributed by atoms with Crippen LogP contribution in [0.2, 0.25) is 0 Å².